The van der Waals surface area contributed by atoms with Crippen LogP contribution in [0.15, 0.2) is 23.2 Å². The molecule has 1 aromatic rings. The lowest BCUT2D eigenvalue weighted by Gasteiger charge is -2.12. The van der Waals surface area contributed by atoms with Crippen molar-refractivity contribution in [3.8, 4) is 11.5 Å². The molecule has 0 aromatic heterocycles. The maximum atomic E-state index is 12.4. The summed E-state index contributed by atoms with van der Waals surface area (Å²) in [6.45, 7) is 3.06. The lowest BCUT2D eigenvalue weighted by molar-refractivity contribution is -0.0512. The molecule has 1 rings (SSSR count). The molecule has 0 amide bonds. The first-order valence-corrected chi connectivity index (χ1v) is 7.24. The van der Waals surface area contributed by atoms with Gasteiger partial charge in [-0.25, -0.2) is 4.99 Å². The Morgan fingerprint density at radius 2 is 2.00 bits per heavy atom. The van der Waals surface area contributed by atoms with Crippen LogP contribution in [0.1, 0.15) is 25.8 Å². The molecule has 0 aliphatic carbocycles. The summed E-state index contributed by atoms with van der Waals surface area (Å²) in [4.78, 5) is 4.41. The van der Waals surface area contributed by atoms with Crippen LogP contribution in [-0.4, -0.2) is 32.8 Å². The van der Waals surface area contributed by atoms with Gasteiger partial charge in [0.05, 0.1) is 13.7 Å². The fraction of sp³-hybridized carbons (Fsp3) is 0.533. The number of halogens is 2. The van der Waals surface area contributed by atoms with E-state index in [1.165, 1.54) is 13.2 Å². The molecule has 0 saturated heterocycles. The van der Waals surface area contributed by atoms with Gasteiger partial charge in [0, 0.05) is 13.1 Å². The molecular weight excluding hydrogens is 292 g/mol. The van der Waals surface area contributed by atoms with Crippen LogP contribution in [0.5, 0.6) is 11.5 Å². The molecule has 0 radical (unpaired) electrons. The van der Waals surface area contributed by atoms with Crippen LogP contribution in [-0.2, 0) is 6.54 Å². The van der Waals surface area contributed by atoms with Crippen LogP contribution >= 0.6 is 0 Å². The molecule has 0 fully saturated rings. The van der Waals surface area contributed by atoms with E-state index in [9.17, 15) is 8.78 Å². The van der Waals surface area contributed by atoms with Crippen LogP contribution < -0.4 is 20.1 Å². The highest BCUT2D eigenvalue weighted by molar-refractivity contribution is 5.79. The largest absolute Gasteiger partial charge is 0.493 e. The Balaban J connectivity index is 2.82. The Kier molecular flexibility index (Phi) is 8.03. The number of aliphatic imine (C=N–C) groups is 1. The lowest BCUT2D eigenvalue weighted by atomic mass is 10.2. The van der Waals surface area contributed by atoms with E-state index in [0.29, 0.717) is 12.5 Å². The van der Waals surface area contributed by atoms with Gasteiger partial charge in [-0.2, -0.15) is 8.78 Å². The van der Waals surface area contributed by atoms with Gasteiger partial charge < -0.3 is 20.1 Å². The summed E-state index contributed by atoms with van der Waals surface area (Å²) >= 11 is 0. The number of rotatable bonds is 8. The molecule has 0 aliphatic heterocycles. The molecule has 5 nitrogen and oxygen atoms in total. The van der Waals surface area contributed by atoms with Gasteiger partial charge in [0.25, 0.3) is 0 Å². The highest BCUT2D eigenvalue weighted by Gasteiger charge is 2.11. The van der Waals surface area contributed by atoms with Gasteiger partial charge in [0.15, 0.2) is 17.5 Å². The number of methoxy groups -OCH3 is 1. The Morgan fingerprint density at radius 3 is 2.59 bits per heavy atom. The average molecular weight is 315 g/mol. The molecule has 0 heterocycles. The molecule has 0 atom stereocenters. The third kappa shape index (κ3) is 6.15. The molecule has 124 valence electrons. The van der Waals surface area contributed by atoms with Gasteiger partial charge in [-0.15, -0.1) is 0 Å². The predicted octanol–water partition coefficient (Wildman–Crippen LogP) is 2.76. The summed E-state index contributed by atoms with van der Waals surface area (Å²) in [5.41, 5.74) is 0.755. The second-order valence-electron chi connectivity index (χ2n) is 4.49. The van der Waals surface area contributed by atoms with Gasteiger partial charge in [0.2, 0.25) is 0 Å². The molecule has 0 unspecified atom stereocenters. The zero-order valence-electron chi connectivity index (χ0n) is 13.2. The standard InChI is InChI=1S/C15H23F2N3O2/c1-4-8-19-15(18-5-2)20-10-11-6-7-12(21-3)13(9-11)22-14(16)17/h6-7,9,14H,4-5,8,10H2,1-3H3,(H2,18,19,20). The number of alkyl halides is 2. The average Bonchev–Trinajstić information content (AvgIpc) is 2.49. The highest BCUT2D eigenvalue weighted by atomic mass is 19.3. The van der Waals surface area contributed by atoms with Crippen molar-refractivity contribution in [2.45, 2.75) is 33.4 Å². The van der Waals surface area contributed by atoms with Crippen molar-refractivity contribution < 1.29 is 18.3 Å². The summed E-state index contributed by atoms with van der Waals surface area (Å²) in [6.07, 6.45) is 0.985. The van der Waals surface area contributed by atoms with E-state index in [1.54, 1.807) is 12.1 Å². The van der Waals surface area contributed by atoms with Crippen molar-refractivity contribution in [3.63, 3.8) is 0 Å². The van der Waals surface area contributed by atoms with Crippen LogP contribution in [0.3, 0.4) is 0 Å². The van der Waals surface area contributed by atoms with Crippen LogP contribution in [0.2, 0.25) is 0 Å². The second kappa shape index (κ2) is 9.81. The molecular formula is C15H23F2N3O2. The molecule has 0 saturated carbocycles. The normalized spacial score (nSPS) is 11.5. The van der Waals surface area contributed by atoms with E-state index in [0.717, 1.165) is 25.1 Å². The zero-order valence-corrected chi connectivity index (χ0v) is 13.2. The van der Waals surface area contributed by atoms with Crippen LogP contribution in [0, 0.1) is 0 Å². The van der Waals surface area contributed by atoms with E-state index < -0.39 is 6.61 Å². The number of ether oxygens (including phenoxy) is 2. The smallest absolute Gasteiger partial charge is 0.387 e. The quantitative estimate of drug-likeness (QED) is 0.572. The number of benzene rings is 1. The van der Waals surface area contributed by atoms with E-state index in [-0.39, 0.29) is 11.5 Å². The monoisotopic (exact) mass is 315 g/mol. The maximum absolute atomic E-state index is 12.4. The van der Waals surface area contributed by atoms with E-state index in [2.05, 4.69) is 27.3 Å². The predicted molar refractivity (Wildman–Crippen MR) is 82.7 cm³/mol. The number of hydrogen-bond acceptors (Lipinski definition) is 3. The molecule has 22 heavy (non-hydrogen) atoms. The minimum Gasteiger partial charge on any atom is -0.493 e. The third-order valence-electron chi connectivity index (χ3n) is 2.75. The van der Waals surface area contributed by atoms with Crippen LogP contribution in [0.4, 0.5) is 8.78 Å². The summed E-state index contributed by atoms with van der Waals surface area (Å²) in [6, 6.07) is 4.87. The minimum absolute atomic E-state index is 0.0109. The third-order valence-corrected chi connectivity index (χ3v) is 2.75. The van der Waals surface area contributed by atoms with Gasteiger partial charge in [0.1, 0.15) is 0 Å². The molecule has 1 aromatic carbocycles. The van der Waals surface area contributed by atoms with Gasteiger partial charge in [-0.05, 0) is 31.0 Å². The Labute approximate surface area is 129 Å². The minimum atomic E-state index is -2.89. The molecule has 0 aliphatic rings. The summed E-state index contributed by atoms with van der Waals surface area (Å²) in [5.74, 6) is 0.970. The van der Waals surface area contributed by atoms with Crippen molar-refractivity contribution in [2.75, 3.05) is 20.2 Å². The number of guanidine groups is 1. The molecule has 0 bridgehead atoms. The van der Waals surface area contributed by atoms with Gasteiger partial charge in [-0.1, -0.05) is 13.0 Å². The number of nitrogens with one attached hydrogen (secondary N) is 2. The molecule has 2 N–H and O–H groups in total. The summed E-state index contributed by atoms with van der Waals surface area (Å²) in [5, 5.41) is 6.29. The maximum Gasteiger partial charge on any atom is 0.387 e. The first-order valence-electron chi connectivity index (χ1n) is 7.24. The van der Waals surface area contributed by atoms with Crippen molar-refractivity contribution in [1.82, 2.24) is 10.6 Å². The second-order valence-corrected chi connectivity index (χ2v) is 4.49. The number of hydrogen-bond donors (Lipinski definition) is 2. The van der Waals surface area contributed by atoms with Crippen LogP contribution in [0.25, 0.3) is 0 Å². The van der Waals surface area contributed by atoms with E-state index in [4.69, 9.17) is 4.74 Å². The highest BCUT2D eigenvalue weighted by Crippen LogP contribution is 2.29. The van der Waals surface area contributed by atoms with Crippen molar-refractivity contribution in [2.24, 2.45) is 4.99 Å². The lowest BCUT2D eigenvalue weighted by Crippen LogP contribution is -2.37. The fourth-order valence-electron chi connectivity index (χ4n) is 1.76. The van der Waals surface area contributed by atoms with Crippen molar-refractivity contribution in [3.05, 3.63) is 23.8 Å². The molecule has 0 spiro atoms. The van der Waals surface area contributed by atoms with E-state index >= 15 is 0 Å². The Morgan fingerprint density at radius 1 is 1.23 bits per heavy atom. The SMILES string of the molecule is CCCNC(=NCc1ccc(OC)c(OC(F)F)c1)NCC. The van der Waals surface area contributed by atoms with Gasteiger partial charge in [-0.3, -0.25) is 0 Å². The Hall–Kier alpha value is -2.05. The zero-order chi connectivity index (χ0) is 16.4. The van der Waals surface area contributed by atoms with Gasteiger partial charge >= 0.3 is 6.61 Å². The fourth-order valence-corrected chi connectivity index (χ4v) is 1.76. The van der Waals surface area contributed by atoms with Crippen molar-refractivity contribution in [1.29, 1.82) is 0 Å². The summed E-state index contributed by atoms with van der Waals surface area (Å²) < 4.78 is 34.3. The Bertz CT molecular complexity index is 482. The topological polar surface area (TPSA) is 54.9 Å². The first-order chi connectivity index (χ1) is 10.6. The van der Waals surface area contributed by atoms with E-state index in [1.807, 2.05) is 6.92 Å². The molecule has 7 heteroatoms. The first kappa shape index (κ1) is 18.0. The summed E-state index contributed by atoms with van der Waals surface area (Å²) in [7, 11) is 1.41. The van der Waals surface area contributed by atoms with Crippen molar-refractivity contribution >= 4 is 5.96 Å². The number of nitrogens with zero attached hydrogens (tertiary/aromatic N) is 1.